The fourth-order valence-corrected chi connectivity index (χ4v) is 5.30. The predicted molar refractivity (Wildman–Crippen MR) is 139 cm³/mol. The zero-order chi connectivity index (χ0) is 27.4. The van der Waals surface area contributed by atoms with Gasteiger partial charge in [-0.2, -0.15) is 0 Å². The predicted octanol–water partition coefficient (Wildman–Crippen LogP) is 1.84. The van der Waals surface area contributed by atoms with E-state index in [9.17, 15) is 23.9 Å². The lowest BCUT2D eigenvalue weighted by atomic mass is 9.73. The minimum atomic E-state index is -0.940. The summed E-state index contributed by atoms with van der Waals surface area (Å²) in [5.74, 6) is -2.59. The summed E-state index contributed by atoms with van der Waals surface area (Å²) >= 11 is 0. The van der Waals surface area contributed by atoms with Crippen molar-refractivity contribution in [1.82, 2.24) is 30.5 Å². The third kappa shape index (κ3) is 5.76. The summed E-state index contributed by atoms with van der Waals surface area (Å²) in [6.45, 7) is 1.44. The number of aromatic nitrogens is 3. The number of amides is 3. The van der Waals surface area contributed by atoms with Crippen LogP contribution in [0.4, 0.5) is 4.39 Å². The normalized spacial score (nSPS) is 19.8. The molecule has 2 aromatic carbocycles. The molecular formula is C28H31FN6O4. The van der Waals surface area contributed by atoms with Gasteiger partial charge in [0.25, 0.3) is 5.91 Å². The number of aromatic hydroxyl groups is 1. The molecule has 0 aliphatic carbocycles. The smallest absolute Gasteiger partial charge is 0.257 e. The second kappa shape index (κ2) is 11.2. The number of hydrogen-bond donors (Lipinski definition) is 3. The number of benzene rings is 2. The number of phenolic OH excluding ortho intramolecular Hbond substituents is 1. The van der Waals surface area contributed by atoms with E-state index in [4.69, 9.17) is 0 Å². The number of hydrogen-bond acceptors (Lipinski definition) is 6. The molecule has 1 spiro atoms. The van der Waals surface area contributed by atoms with Gasteiger partial charge in [-0.3, -0.25) is 19.1 Å². The van der Waals surface area contributed by atoms with E-state index in [1.807, 2.05) is 36.5 Å². The quantitative estimate of drug-likeness (QED) is 0.470. The number of nitrogens with zero attached hydrogens (tertiary/aromatic N) is 4. The number of aryl methyl sites for hydroxylation is 1. The van der Waals surface area contributed by atoms with Gasteiger partial charge in [0.1, 0.15) is 6.04 Å². The first-order valence-corrected chi connectivity index (χ1v) is 13.1. The van der Waals surface area contributed by atoms with Gasteiger partial charge in [0.15, 0.2) is 11.6 Å². The van der Waals surface area contributed by atoms with Crippen molar-refractivity contribution >= 4 is 17.7 Å². The van der Waals surface area contributed by atoms with Gasteiger partial charge in [-0.25, -0.2) is 4.39 Å². The van der Waals surface area contributed by atoms with Crippen molar-refractivity contribution in [3.63, 3.8) is 0 Å². The van der Waals surface area contributed by atoms with Crippen molar-refractivity contribution in [2.24, 2.45) is 5.41 Å². The number of phenols is 1. The van der Waals surface area contributed by atoms with Gasteiger partial charge >= 0.3 is 0 Å². The summed E-state index contributed by atoms with van der Waals surface area (Å²) in [6.07, 6.45) is 3.72. The van der Waals surface area contributed by atoms with Crippen molar-refractivity contribution in [2.75, 3.05) is 19.6 Å². The molecule has 3 amide bonds. The van der Waals surface area contributed by atoms with Crippen LogP contribution in [0.2, 0.25) is 0 Å². The molecule has 1 atom stereocenters. The molecule has 1 fully saturated rings. The molecule has 2 aliphatic rings. The summed E-state index contributed by atoms with van der Waals surface area (Å²) in [6, 6.07) is 12.6. The minimum absolute atomic E-state index is 0.118. The van der Waals surface area contributed by atoms with E-state index in [2.05, 4.69) is 20.9 Å². The Morgan fingerprint density at radius 2 is 1.85 bits per heavy atom. The van der Waals surface area contributed by atoms with Crippen molar-refractivity contribution in [1.29, 1.82) is 0 Å². The fraction of sp³-hybridized carbons (Fsp3) is 0.393. The molecule has 3 aromatic rings. The maximum absolute atomic E-state index is 14.0. The molecule has 5 rings (SSSR count). The molecule has 2 bridgehead atoms. The van der Waals surface area contributed by atoms with Gasteiger partial charge in [0.2, 0.25) is 11.8 Å². The highest BCUT2D eigenvalue weighted by molar-refractivity contribution is 5.97. The third-order valence-electron chi connectivity index (χ3n) is 7.58. The molecule has 39 heavy (non-hydrogen) atoms. The van der Waals surface area contributed by atoms with Crippen LogP contribution in [-0.2, 0) is 29.0 Å². The monoisotopic (exact) mass is 534 g/mol. The van der Waals surface area contributed by atoms with Crippen LogP contribution in [-0.4, -0.2) is 68.4 Å². The van der Waals surface area contributed by atoms with E-state index in [1.165, 1.54) is 17.0 Å². The summed E-state index contributed by atoms with van der Waals surface area (Å²) in [5.41, 5.74) is 0.525. The molecular weight excluding hydrogens is 503 g/mol. The summed E-state index contributed by atoms with van der Waals surface area (Å²) in [7, 11) is 0. The van der Waals surface area contributed by atoms with E-state index in [-0.39, 0.29) is 30.5 Å². The van der Waals surface area contributed by atoms with E-state index in [0.717, 1.165) is 11.6 Å². The topological polar surface area (TPSA) is 129 Å². The first-order chi connectivity index (χ1) is 18.8. The highest BCUT2D eigenvalue weighted by Crippen LogP contribution is 2.36. The van der Waals surface area contributed by atoms with Crippen molar-refractivity contribution in [3.05, 3.63) is 77.4 Å². The lowest BCUT2D eigenvalue weighted by Gasteiger charge is -2.41. The first-order valence-electron chi connectivity index (χ1n) is 13.1. The number of rotatable bonds is 3. The van der Waals surface area contributed by atoms with Gasteiger partial charge in [-0.05, 0) is 37.0 Å². The Bertz CT molecular complexity index is 1350. The zero-order valence-corrected chi connectivity index (χ0v) is 21.5. The van der Waals surface area contributed by atoms with Crippen LogP contribution in [0.1, 0.15) is 40.9 Å². The minimum Gasteiger partial charge on any atom is -0.504 e. The lowest BCUT2D eigenvalue weighted by Crippen LogP contribution is -2.56. The van der Waals surface area contributed by atoms with E-state index >= 15 is 0 Å². The molecule has 1 aromatic heterocycles. The van der Waals surface area contributed by atoms with Crippen LogP contribution in [0.5, 0.6) is 5.75 Å². The highest BCUT2D eigenvalue weighted by Gasteiger charge is 2.44. The van der Waals surface area contributed by atoms with Gasteiger partial charge in [0, 0.05) is 45.2 Å². The number of carbonyl (C=O) groups excluding carboxylic acids is 3. The Hall–Kier alpha value is -4.28. The summed E-state index contributed by atoms with van der Waals surface area (Å²) in [4.78, 5) is 41.7. The van der Waals surface area contributed by atoms with Crippen molar-refractivity contribution in [3.8, 4) is 5.75 Å². The molecule has 1 saturated heterocycles. The number of para-hydroxylation sites is 1. The highest BCUT2D eigenvalue weighted by atomic mass is 19.1. The summed E-state index contributed by atoms with van der Waals surface area (Å²) < 4.78 is 15.6. The average Bonchev–Trinajstić information content (AvgIpc) is 3.39. The second-order valence-corrected chi connectivity index (χ2v) is 10.2. The van der Waals surface area contributed by atoms with Crippen LogP contribution in [0.15, 0.2) is 54.7 Å². The standard InChI is InChI=1S/C28H31FN6O4/c29-22-9-4-8-21(24(22)36)26(38)34-14-10-28(11-15-34)17-20-18-35(33-32-20)13-5-12-30-25(37)23(31-27(28)39)16-19-6-2-1-3-7-19/h1-4,6-9,18,23,36H,5,10-17H2,(H,30,37)(H,31,39)/t23-/m0/s1. The Morgan fingerprint density at radius 1 is 1.08 bits per heavy atom. The van der Waals surface area contributed by atoms with Crippen LogP contribution in [0.3, 0.4) is 0 Å². The van der Waals surface area contributed by atoms with Gasteiger partial charge in [-0.15, -0.1) is 5.10 Å². The zero-order valence-electron chi connectivity index (χ0n) is 21.5. The molecule has 0 radical (unpaired) electrons. The molecule has 0 unspecified atom stereocenters. The van der Waals surface area contributed by atoms with E-state index in [0.29, 0.717) is 50.9 Å². The number of fused-ring (bicyclic) bond motifs is 2. The molecule has 2 aliphatic heterocycles. The van der Waals surface area contributed by atoms with E-state index in [1.54, 1.807) is 4.68 Å². The fourth-order valence-electron chi connectivity index (χ4n) is 5.30. The SMILES string of the molecule is O=C1NCCCn2cc(nn2)CC2(CCN(C(=O)c3cccc(F)c3O)CC2)C(=O)N[C@H]1Cc1ccccc1. The van der Waals surface area contributed by atoms with Crippen molar-refractivity contribution in [2.45, 2.75) is 44.7 Å². The lowest BCUT2D eigenvalue weighted by molar-refractivity contribution is -0.137. The Kier molecular flexibility index (Phi) is 7.58. The van der Waals surface area contributed by atoms with Gasteiger partial charge < -0.3 is 20.6 Å². The van der Waals surface area contributed by atoms with E-state index < -0.39 is 28.9 Å². The average molecular weight is 535 g/mol. The van der Waals surface area contributed by atoms with Crippen LogP contribution >= 0.6 is 0 Å². The number of halogens is 1. The Balaban J connectivity index is 1.40. The Labute approximate surface area is 225 Å². The second-order valence-electron chi connectivity index (χ2n) is 10.2. The van der Waals surface area contributed by atoms with Crippen LogP contribution in [0, 0.1) is 11.2 Å². The summed E-state index contributed by atoms with van der Waals surface area (Å²) in [5, 5.41) is 24.5. The molecule has 3 N–H and O–H groups in total. The number of nitrogens with one attached hydrogen (secondary N) is 2. The molecule has 10 nitrogen and oxygen atoms in total. The molecule has 3 heterocycles. The number of carbonyl (C=O) groups is 3. The number of likely N-dealkylation sites (tertiary alicyclic amines) is 1. The first kappa shape index (κ1) is 26.3. The molecule has 11 heteroatoms. The third-order valence-corrected chi connectivity index (χ3v) is 7.58. The van der Waals surface area contributed by atoms with Gasteiger partial charge in [0.05, 0.1) is 16.7 Å². The van der Waals surface area contributed by atoms with Gasteiger partial charge in [-0.1, -0.05) is 41.6 Å². The largest absolute Gasteiger partial charge is 0.504 e. The Morgan fingerprint density at radius 3 is 2.62 bits per heavy atom. The van der Waals surface area contributed by atoms with Crippen LogP contribution in [0.25, 0.3) is 0 Å². The molecule has 204 valence electrons. The van der Waals surface area contributed by atoms with Crippen molar-refractivity contribution < 1.29 is 23.9 Å². The maximum atomic E-state index is 14.0. The molecule has 0 saturated carbocycles. The number of piperidine rings is 1. The maximum Gasteiger partial charge on any atom is 0.257 e. The van der Waals surface area contributed by atoms with Crippen LogP contribution < -0.4 is 10.6 Å².